The fourth-order valence-corrected chi connectivity index (χ4v) is 2.74. The fourth-order valence-electron chi connectivity index (χ4n) is 2.01. The summed E-state index contributed by atoms with van der Waals surface area (Å²) in [4.78, 5) is 8.57. The van der Waals surface area contributed by atoms with Crippen LogP contribution in [0.2, 0.25) is 5.15 Å². The van der Waals surface area contributed by atoms with Crippen molar-refractivity contribution in [1.29, 1.82) is 0 Å². The molecule has 0 amide bonds. The summed E-state index contributed by atoms with van der Waals surface area (Å²) in [6.07, 6.45) is 1.69. The van der Waals surface area contributed by atoms with Gasteiger partial charge in [-0.05, 0) is 37.6 Å². The van der Waals surface area contributed by atoms with Crippen molar-refractivity contribution in [3.05, 3.63) is 45.4 Å². The number of rotatable bonds is 1. The van der Waals surface area contributed by atoms with Crippen LogP contribution in [0.1, 0.15) is 11.4 Å². The molecule has 4 nitrogen and oxygen atoms in total. The second-order valence-electron chi connectivity index (χ2n) is 4.29. The number of benzene rings is 1. The summed E-state index contributed by atoms with van der Waals surface area (Å²) in [5.74, 6) is 0.633. The summed E-state index contributed by atoms with van der Waals surface area (Å²) >= 11 is 9.57. The molecular formula is C13H10BrClN4. The molecule has 0 unspecified atom stereocenters. The Morgan fingerprint density at radius 1 is 1.21 bits per heavy atom. The number of fused-ring (bicyclic) bond motifs is 1. The van der Waals surface area contributed by atoms with Gasteiger partial charge in [-0.15, -0.1) is 0 Å². The molecule has 6 heteroatoms. The maximum absolute atomic E-state index is 6.12. The molecule has 3 aromatic rings. The molecule has 0 aliphatic carbocycles. The van der Waals surface area contributed by atoms with Crippen molar-refractivity contribution in [2.45, 2.75) is 13.8 Å². The highest BCUT2D eigenvalue weighted by molar-refractivity contribution is 9.10. The van der Waals surface area contributed by atoms with Crippen LogP contribution in [0.3, 0.4) is 0 Å². The predicted octanol–water partition coefficient (Wildman–Crippen LogP) is 3.85. The summed E-state index contributed by atoms with van der Waals surface area (Å²) in [5.41, 5.74) is 2.81. The zero-order chi connectivity index (χ0) is 13.6. The molecule has 1 aromatic carbocycles. The fraction of sp³-hybridized carbons (Fsp3) is 0.154. The van der Waals surface area contributed by atoms with Crippen LogP contribution < -0.4 is 0 Å². The predicted molar refractivity (Wildman–Crippen MR) is 78.8 cm³/mol. The van der Waals surface area contributed by atoms with Crippen LogP contribution in [-0.4, -0.2) is 19.7 Å². The smallest absolute Gasteiger partial charge is 0.168 e. The lowest BCUT2D eigenvalue weighted by molar-refractivity contribution is 0.882. The normalized spacial score (nSPS) is 11.2. The SMILES string of the molecule is Cc1nc(Cl)c2cnn(-c3ccc(Br)cc3C)c2n1. The Morgan fingerprint density at radius 2 is 2.00 bits per heavy atom. The van der Waals surface area contributed by atoms with Crippen molar-refractivity contribution in [2.75, 3.05) is 0 Å². The van der Waals surface area contributed by atoms with Crippen LogP contribution in [0.5, 0.6) is 0 Å². The minimum absolute atomic E-state index is 0.434. The maximum atomic E-state index is 6.12. The van der Waals surface area contributed by atoms with E-state index in [0.717, 1.165) is 26.8 Å². The molecule has 0 radical (unpaired) electrons. The lowest BCUT2D eigenvalue weighted by atomic mass is 10.2. The molecule has 0 fully saturated rings. The van der Waals surface area contributed by atoms with Crippen LogP contribution in [0.15, 0.2) is 28.9 Å². The first kappa shape index (κ1) is 12.6. The number of aromatic nitrogens is 4. The largest absolute Gasteiger partial charge is 0.221 e. The molecule has 3 rings (SSSR count). The van der Waals surface area contributed by atoms with Gasteiger partial charge in [0.2, 0.25) is 0 Å². The van der Waals surface area contributed by atoms with Crippen molar-refractivity contribution in [2.24, 2.45) is 0 Å². The Bertz CT molecular complexity index is 782. The zero-order valence-corrected chi connectivity index (χ0v) is 12.7. The van der Waals surface area contributed by atoms with Gasteiger partial charge in [0, 0.05) is 4.47 Å². The molecule has 0 N–H and O–H groups in total. The van der Waals surface area contributed by atoms with E-state index in [-0.39, 0.29) is 0 Å². The van der Waals surface area contributed by atoms with Crippen LogP contribution in [0.25, 0.3) is 16.7 Å². The van der Waals surface area contributed by atoms with E-state index in [9.17, 15) is 0 Å². The van der Waals surface area contributed by atoms with Gasteiger partial charge in [0.15, 0.2) is 5.65 Å². The first-order valence-corrected chi connectivity index (χ1v) is 6.88. The Balaban J connectivity index is 2.31. The number of halogens is 2. The summed E-state index contributed by atoms with van der Waals surface area (Å²) < 4.78 is 2.83. The minimum Gasteiger partial charge on any atom is -0.221 e. The topological polar surface area (TPSA) is 43.6 Å². The summed E-state index contributed by atoms with van der Waals surface area (Å²) in [7, 11) is 0. The highest BCUT2D eigenvalue weighted by Crippen LogP contribution is 2.25. The third kappa shape index (κ3) is 2.13. The molecule has 2 aromatic heterocycles. The van der Waals surface area contributed by atoms with Gasteiger partial charge in [0.1, 0.15) is 11.0 Å². The lowest BCUT2D eigenvalue weighted by Gasteiger charge is -2.07. The molecule has 0 aliphatic heterocycles. The van der Waals surface area contributed by atoms with Gasteiger partial charge in [-0.3, -0.25) is 0 Å². The van der Waals surface area contributed by atoms with Crippen LogP contribution >= 0.6 is 27.5 Å². The second kappa shape index (κ2) is 4.58. The summed E-state index contributed by atoms with van der Waals surface area (Å²) in [5, 5.41) is 5.57. The van der Waals surface area contributed by atoms with Crippen LogP contribution in [0.4, 0.5) is 0 Å². The first-order valence-electron chi connectivity index (χ1n) is 5.70. The molecule has 0 saturated carbocycles. The third-order valence-electron chi connectivity index (χ3n) is 2.88. The van der Waals surface area contributed by atoms with Gasteiger partial charge in [-0.25, -0.2) is 14.6 Å². The van der Waals surface area contributed by atoms with Crippen molar-refractivity contribution in [1.82, 2.24) is 19.7 Å². The number of nitrogens with zero attached hydrogens (tertiary/aromatic N) is 4. The molecular weight excluding hydrogens is 328 g/mol. The van der Waals surface area contributed by atoms with Gasteiger partial charge in [-0.2, -0.15) is 5.10 Å². The molecule has 0 spiro atoms. The maximum Gasteiger partial charge on any atom is 0.168 e. The van der Waals surface area contributed by atoms with Crippen molar-refractivity contribution >= 4 is 38.6 Å². The quantitative estimate of drug-likeness (QED) is 0.634. The number of hydrogen-bond acceptors (Lipinski definition) is 3. The molecule has 19 heavy (non-hydrogen) atoms. The van der Waals surface area contributed by atoms with Crippen molar-refractivity contribution < 1.29 is 0 Å². The molecule has 0 aliphatic rings. The van der Waals surface area contributed by atoms with E-state index in [1.165, 1.54) is 0 Å². The van der Waals surface area contributed by atoms with E-state index in [4.69, 9.17) is 11.6 Å². The number of hydrogen-bond donors (Lipinski definition) is 0. The lowest BCUT2D eigenvalue weighted by Crippen LogP contribution is -2.01. The van der Waals surface area contributed by atoms with Gasteiger partial charge < -0.3 is 0 Å². The Morgan fingerprint density at radius 3 is 2.74 bits per heavy atom. The standard InChI is InChI=1S/C13H10BrClN4/c1-7-5-9(14)3-4-11(7)19-13-10(6-16-19)12(15)17-8(2)18-13/h3-6H,1-2H3. The second-order valence-corrected chi connectivity index (χ2v) is 5.56. The summed E-state index contributed by atoms with van der Waals surface area (Å²) in [6, 6.07) is 6.02. The highest BCUT2D eigenvalue weighted by Gasteiger charge is 2.12. The Hall–Kier alpha value is -1.46. The minimum atomic E-state index is 0.434. The average molecular weight is 338 g/mol. The molecule has 96 valence electrons. The third-order valence-corrected chi connectivity index (χ3v) is 3.66. The van der Waals surface area contributed by atoms with Gasteiger partial charge in [-0.1, -0.05) is 27.5 Å². The molecule has 0 atom stereocenters. The Kier molecular flexibility index (Phi) is 3.03. The van der Waals surface area contributed by atoms with E-state index in [1.807, 2.05) is 32.0 Å². The van der Waals surface area contributed by atoms with Gasteiger partial charge in [0.25, 0.3) is 0 Å². The van der Waals surface area contributed by atoms with Crippen molar-refractivity contribution in [3.8, 4) is 5.69 Å². The van der Waals surface area contributed by atoms with E-state index in [0.29, 0.717) is 11.0 Å². The van der Waals surface area contributed by atoms with Crippen LogP contribution in [-0.2, 0) is 0 Å². The summed E-state index contributed by atoms with van der Waals surface area (Å²) in [6.45, 7) is 3.85. The highest BCUT2D eigenvalue weighted by atomic mass is 79.9. The Labute approximate surface area is 123 Å². The van der Waals surface area contributed by atoms with E-state index in [2.05, 4.69) is 31.0 Å². The van der Waals surface area contributed by atoms with E-state index < -0.39 is 0 Å². The van der Waals surface area contributed by atoms with Crippen LogP contribution in [0, 0.1) is 13.8 Å². The average Bonchev–Trinajstić information content (AvgIpc) is 2.73. The monoisotopic (exact) mass is 336 g/mol. The zero-order valence-electron chi connectivity index (χ0n) is 10.4. The molecule has 0 bridgehead atoms. The first-order chi connectivity index (χ1) is 9.06. The molecule has 0 saturated heterocycles. The van der Waals surface area contributed by atoms with Crippen molar-refractivity contribution in [3.63, 3.8) is 0 Å². The number of aryl methyl sites for hydroxylation is 2. The van der Waals surface area contributed by atoms with E-state index >= 15 is 0 Å². The molecule has 2 heterocycles. The van der Waals surface area contributed by atoms with Gasteiger partial charge >= 0.3 is 0 Å². The van der Waals surface area contributed by atoms with Gasteiger partial charge in [0.05, 0.1) is 17.3 Å². The van der Waals surface area contributed by atoms with E-state index in [1.54, 1.807) is 10.9 Å².